The Kier molecular flexibility index (Phi) is 2.29. The minimum atomic E-state index is -5.72. The quantitative estimate of drug-likeness (QED) is 0.475. The van der Waals surface area contributed by atoms with Crippen LogP contribution in [0.25, 0.3) is 0 Å². The fourth-order valence-electron chi connectivity index (χ4n) is 1.06. The zero-order valence-corrected chi connectivity index (χ0v) is 7.16. The van der Waals surface area contributed by atoms with E-state index >= 15 is 0 Å². The van der Waals surface area contributed by atoms with Gasteiger partial charge in [-0.05, 0) is 13.0 Å². The summed E-state index contributed by atoms with van der Waals surface area (Å²) in [5.41, 5.74) is -5.22. The van der Waals surface area contributed by atoms with Crippen LogP contribution >= 0.6 is 0 Å². The zero-order valence-electron chi connectivity index (χ0n) is 7.16. The molecule has 0 aliphatic carbocycles. The number of carbonyl (C=O) groups excluding carboxylic acids is 1. The third kappa shape index (κ3) is 1.57. The van der Waals surface area contributed by atoms with Crippen LogP contribution in [0.5, 0.6) is 0 Å². The van der Waals surface area contributed by atoms with Crippen molar-refractivity contribution in [3.63, 3.8) is 0 Å². The van der Waals surface area contributed by atoms with Gasteiger partial charge in [-0.15, -0.1) is 0 Å². The van der Waals surface area contributed by atoms with Gasteiger partial charge in [-0.1, -0.05) is 0 Å². The van der Waals surface area contributed by atoms with E-state index in [0.29, 0.717) is 0 Å². The molecule has 0 saturated heterocycles. The summed E-state index contributed by atoms with van der Waals surface area (Å²) in [6.07, 6.45) is -11.7. The highest BCUT2D eigenvalue weighted by Gasteiger charge is 2.75. The van der Waals surface area contributed by atoms with Gasteiger partial charge in [-0.3, -0.25) is 0 Å². The maximum Gasteiger partial charge on any atom is 0.441 e. The van der Waals surface area contributed by atoms with E-state index in [1.165, 1.54) is 0 Å². The number of halogens is 6. The van der Waals surface area contributed by atoms with E-state index in [-0.39, 0.29) is 6.08 Å². The Morgan fingerprint density at radius 3 is 1.67 bits per heavy atom. The van der Waals surface area contributed by atoms with Gasteiger partial charge in [0.25, 0.3) is 0 Å². The monoisotopic (exact) mass is 234 g/mol. The van der Waals surface area contributed by atoms with Crippen LogP contribution in [0.2, 0.25) is 0 Å². The summed E-state index contributed by atoms with van der Waals surface area (Å²) in [6, 6.07) is 0. The lowest BCUT2D eigenvalue weighted by molar-refractivity contribution is -0.345. The van der Waals surface area contributed by atoms with Crippen molar-refractivity contribution in [2.24, 2.45) is 0 Å². The number of alkyl halides is 6. The molecule has 0 aromatic heterocycles. The Morgan fingerprint density at radius 1 is 1.13 bits per heavy atom. The van der Waals surface area contributed by atoms with Crippen molar-refractivity contribution in [1.29, 1.82) is 0 Å². The second-order valence-corrected chi connectivity index (χ2v) is 2.95. The number of cyclic esters (lactones) is 1. The van der Waals surface area contributed by atoms with Gasteiger partial charge in [0.05, 0.1) is 0 Å². The summed E-state index contributed by atoms with van der Waals surface area (Å²) in [7, 11) is 0. The van der Waals surface area contributed by atoms with Crippen LogP contribution in [-0.2, 0) is 9.53 Å². The minimum absolute atomic E-state index is 0.255. The van der Waals surface area contributed by atoms with E-state index in [1.54, 1.807) is 0 Å². The fourth-order valence-corrected chi connectivity index (χ4v) is 1.06. The molecule has 15 heavy (non-hydrogen) atoms. The molecule has 0 amide bonds. The lowest BCUT2D eigenvalue weighted by atomic mass is 10.0. The Bertz CT molecular complexity index is 309. The summed E-state index contributed by atoms with van der Waals surface area (Å²) in [5.74, 6) is -1.62. The molecular weight excluding hydrogens is 230 g/mol. The van der Waals surface area contributed by atoms with Gasteiger partial charge in [0.1, 0.15) is 0 Å². The first-order valence-electron chi connectivity index (χ1n) is 3.57. The highest BCUT2D eigenvalue weighted by molar-refractivity contribution is 5.91. The van der Waals surface area contributed by atoms with Crippen LogP contribution < -0.4 is 0 Å². The Hall–Kier alpha value is -1.21. The summed E-state index contributed by atoms with van der Waals surface area (Å²) in [5, 5.41) is 0. The second-order valence-electron chi connectivity index (χ2n) is 2.95. The van der Waals surface area contributed by atoms with Crippen LogP contribution in [-0.4, -0.2) is 23.9 Å². The van der Waals surface area contributed by atoms with Gasteiger partial charge in [-0.2, -0.15) is 26.3 Å². The van der Waals surface area contributed by atoms with Crippen molar-refractivity contribution in [3.8, 4) is 0 Å². The largest absolute Gasteiger partial charge is 0.441 e. The first kappa shape index (κ1) is 11.9. The molecular formula is C7H4F6O2. The van der Waals surface area contributed by atoms with E-state index < -0.39 is 29.5 Å². The molecule has 8 heteroatoms. The lowest BCUT2D eigenvalue weighted by Crippen LogP contribution is -2.56. The molecule has 1 heterocycles. The van der Waals surface area contributed by atoms with Crippen LogP contribution in [0.15, 0.2) is 11.6 Å². The highest BCUT2D eigenvalue weighted by atomic mass is 19.4. The van der Waals surface area contributed by atoms with E-state index in [1.807, 2.05) is 0 Å². The lowest BCUT2D eigenvalue weighted by Gasteiger charge is -2.30. The van der Waals surface area contributed by atoms with Crippen molar-refractivity contribution in [2.45, 2.75) is 24.9 Å². The van der Waals surface area contributed by atoms with Gasteiger partial charge >= 0.3 is 23.9 Å². The average Bonchev–Trinajstić information content (AvgIpc) is 2.26. The van der Waals surface area contributed by atoms with Gasteiger partial charge in [0, 0.05) is 5.57 Å². The van der Waals surface area contributed by atoms with Crippen molar-refractivity contribution in [1.82, 2.24) is 0 Å². The van der Waals surface area contributed by atoms with E-state index in [2.05, 4.69) is 4.74 Å². The summed E-state index contributed by atoms with van der Waals surface area (Å²) < 4.78 is 76.7. The van der Waals surface area contributed by atoms with Gasteiger partial charge in [0.2, 0.25) is 0 Å². The topological polar surface area (TPSA) is 26.3 Å². The molecule has 0 aromatic rings. The third-order valence-electron chi connectivity index (χ3n) is 1.84. The Balaban J connectivity index is 3.31. The Morgan fingerprint density at radius 2 is 1.53 bits per heavy atom. The van der Waals surface area contributed by atoms with E-state index in [9.17, 15) is 31.1 Å². The number of carbonyl (C=O) groups is 1. The molecule has 2 nitrogen and oxygen atoms in total. The second kappa shape index (κ2) is 2.89. The molecule has 0 radical (unpaired) electrons. The van der Waals surface area contributed by atoms with Crippen molar-refractivity contribution in [3.05, 3.63) is 11.6 Å². The molecule has 86 valence electrons. The summed E-state index contributed by atoms with van der Waals surface area (Å²) in [6.45, 7) is 0.821. The molecule has 1 rings (SSSR count). The highest BCUT2D eigenvalue weighted by Crippen LogP contribution is 2.50. The van der Waals surface area contributed by atoms with E-state index in [0.717, 1.165) is 6.92 Å². The predicted molar refractivity (Wildman–Crippen MR) is 34.7 cm³/mol. The summed E-state index contributed by atoms with van der Waals surface area (Å²) in [4.78, 5) is 10.6. The maximum absolute atomic E-state index is 12.2. The fraction of sp³-hybridized carbons (Fsp3) is 0.571. The molecule has 1 aliphatic heterocycles. The molecule has 0 spiro atoms. The maximum atomic E-state index is 12.2. The third-order valence-corrected chi connectivity index (χ3v) is 1.84. The van der Waals surface area contributed by atoms with Gasteiger partial charge < -0.3 is 4.74 Å². The van der Waals surface area contributed by atoms with Crippen LogP contribution in [0.3, 0.4) is 0 Å². The molecule has 0 bridgehead atoms. The SMILES string of the molecule is CC1=CC(C(F)(F)F)(C(F)(F)F)OC1=O. The number of hydrogen-bond donors (Lipinski definition) is 0. The van der Waals surface area contributed by atoms with Crippen molar-refractivity contribution < 1.29 is 35.9 Å². The normalized spacial score (nSPS) is 21.3. The molecule has 0 aromatic carbocycles. The van der Waals surface area contributed by atoms with Gasteiger partial charge in [0.15, 0.2) is 0 Å². The van der Waals surface area contributed by atoms with Crippen molar-refractivity contribution in [2.75, 3.05) is 0 Å². The smallest absolute Gasteiger partial charge is 0.432 e. The molecule has 0 atom stereocenters. The van der Waals surface area contributed by atoms with Gasteiger partial charge in [-0.25, -0.2) is 4.79 Å². The number of hydrogen-bond acceptors (Lipinski definition) is 2. The minimum Gasteiger partial charge on any atom is -0.432 e. The average molecular weight is 234 g/mol. The van der Waals surface area contributed by atoms with E-state index in [4.69, 9.17) is 0 Å². The number of rotatable bonds is 0. The molecule has 0 N–H and O–H groups in total. The van der Waals surface area contributed by atoms with Crippen LogP contribution in [0, 0.1) is 0 Å². The molecule has 0 saturated carbocycles. The summed E-state index contributed by atoms with van der Waals surface area (Å²) >= 11 is 0. The number of ether oxygens (including phenoxy) is 1. The molecule has 1 aliphatic rings. The first-order chi connectivity index (χ1) is 6.51. The Labute approximate surface area is 79.5 Å². The van der Waals surface area contributed by atoms with Crippen molar-refractivity contribution >= 4 is 5.97 Å². The first-order valence-corrected chi connectivity index (χ1v) is 3.57. The number of esters is 1. The van der Waals surface area contributed by atoms with Crippen LogP contribution in [0.4, 0.5) is 26.3 Å². The standard InChI is InChI=1S/C7H4F6O2/c1-3-2-5(6(8,9)10,7(11,12)13)15-4(3)14/h2H,1H3. The zero-order chi connectivity index (χ0) is 12.1. The molecule has 0 unspecified atom stereocenters. The van der Waals surface area contributed by atoms with Crippen LogP contribution in [0.1, 0.15) is 6.92 Å². The molecule has 0 fully saturated rings. The predicted octanol–water partition coefficient (Wildman–Crippen LogP) is 2.35.